The highest BCUT2D eigenvalue weighted by Crippen LogP contribution is 2.30. The molecule has 6 heteroatoms. The average molecular weight is 385 g/mol. The number of nitrogens with zero attached hydrogens (tertiary/aromatic N) is 1. The SMILES string of the molecule is COc1ccc(CCOC2CCCCC2N2CCC(O)C2)cc1OC.[Cl-]. The smallest absolute Gasteiger partial charge is 0.160 e. The van der Waals surface area contributed by atoms with Gasteiger partial charge in [-0.25, -0.2) is 0 Å². The molecule has 2 aliphatic rings. The van der Waals surface area contributed by atoms with Crippen molar-refractivity contribution in [1.82, 2.24) is 4.90 Å². The van der Waals surface area contributed by atoms with Crippen molar-refractivity contribution in [2.24, 2.45) is 0 Å². The number of hydrogen-bond donors (Lipinski definition) is 1. The van der Waals surface area contributed by atoms with Crippen molar-refractivity contribution >= 4 is 0 Å². The van der Waals surface area contributed by atoms with E-state index in [0.717, 1.165) is 43.9 Å². The highest BCUT2D eigenvalue weighted by atomic mass is 35.5. The third kappa shape index (κ3) is 5.26. The largest absolute Gasteiger partial charge is 1.00 e. The Morgan fingerprint density at radius 3 is 2.54 bits per heavy atom. The molecule has 0 amide bonds. The molecule has 0 spiro atoms. The summed E-state index contributed by atoms with van der Waals surface area (Å²) in [4.78, 5) is 2.44. The second kappa shape index (κ2) is 10.4. The fourth-order valence-electron chi connectivity index (χ4n) is 4.12. The van der Waals surface area contributed by atoms with Gasteiger partial charge in [-0.15, -0.1) is 0 Å². The van der Waals surface area contributed by atoms with E-state index in [2.05, 4.69) is 11.0 Å². The molecule has 1 aliphatic heterocycles. The van der Waals surface area contributed by atoms with Crippen LogP contribution in [0.2, 0.25) is 0 Å². The lowest BCUT2D eigenvalue weighted by atomic mass is 9.91. The number of aliphatic hydroxyl groups is 1. The Morgan fingerprint density at radius 1 is 1.08 bits per heavy atom. The molecule has 0 bridgehead atoms. The van der Waals surface area contributed by atoms with Crippen LogP contribution in [0.25, 0.3) is 0 Å². The van der Waals surface area contributed by atoms with Crippen molar-refractivity contribution in [3.8, 4) is 11.5 Å². The first kappa shape index (κ1) is 21.3. The van der Waals surface area contributed by atoms with E-state index in [0.29, 0.717) is 18.8 Å². The fraction of sp³-hybridized carbons (Fsp3) is 0.700. The highest BCUT2D eigenvalue weighted by Gasteiger charge is 2.34. The number of ether oxygens (including phenoxy) is 3. The van der Waals surface area contributed by atoms with Crippen LogP contribution in [0.15, 0.2) is 18.2 Å². The molecule has 26 heavy (non-hydrogen) atoms. The van der Waals surface area contributed by atoms with Gasteiger partial charge in [-0.05, 0) is 43.4 Å². The normalized spacial score (nSPS) is 26.3. The van der Waals surface area contributed by atoms with Gasteiger partial charge in [0.05, 0.1) is 33.0 Å². The van der Waals surface area contributed by atoms with Crippen LogP contribution in [0.4, 0.5) is 0 Å². The molecule has 0 aromatic heterocycles. The zero-order valence-electron chi connectivity index (χ0n) is 15.8. The van der Waals surface area contributed by atoms with E-state index in [4.69, 9.17) is 14.2 Å². The Balaban J connectivity index is 0.00000243. The molecule has 1 N–H and O–H groups in total. The highest BCUT2D eigenvalue weighted by molar-refractivity contribution is 5.42. The lowest BCUT2D eigenvalue weighted by molar-refractivity contribution is -0.0316. The second-order valence-corrected chi connectivity index (χ2v) is 7.14. The fourth-order valence-corrected chi connectivity index (χ4v) is 4.12. The molecular weight excluding hydrogens is 354 g/mol. The second-order valence-electron chi connectivity index (χ2n) is 7.14. The number of halogens is 1. The first-order valence-electron chi connectivity index (χ1n) is 9.46. The maximum atomic E-state index is 9.83. The molecular formula is C20H31ClNO4-. The quantitative estimate of drug-likeness (QED) is 0.696. The summed E-state index contributed by atoms with van der Waals surface area (Å²) in [5.74, 6) is 1.52. The Kier molecular flexibility index (Phi) is 8.48. The van der Waals surface area contributed by atoms with Crippen molar-refractivity contribution in [2.75, 3.05) is 33.9 Å². The molecule has 1 saturated carbocycles. The summed E-state index contributed by atoms with van der Waals surface area (Å²) in [5, 5.41) is 9.83. The number of benzene rings is 1. The number of likely N-dealkylation sites (tertiary alicyclic amines) is 1. The van der Waals surface area contributed by atoms with Gasteiger partial charge in [-0.1, -0.05) is 18.9 Å². The first-order chi connectivity index (χ1) is 12.2. The predicted molar refractivity (Wildman–Crippen MR) is 97.4 cm³/mol. The van der Waals surface area contributed by atoms with E-state index in [1.807, 2.05) is 12.1 Å². The van der Waals surface area contributed by atoms with Crippen LogP contribution in [0.5, 0.6) is 11.5 Å². The van der Waals surface area contributed by atoms with Gasteiger partial charge < -0.3 is 31.7 Å². The van der Waals surface area contributed by atoms with Crippen LogP contribution in [-0.2, 0) is 11.2 Å². The van der Waals surface area contributed by atoms with E-state index in [1.54, 1.807) is 14.2 Å². The number of β-amino-alcohol motifs (C(OH)–C–C–N with tert-alkyl or cyclic N) is 1. The number of rotatable bonds is 7. The third-order valence-electron chi connectivity index (χ3n) is 5.50. The van der Waals surface area contributed by atoms with Crippen molar-refractivity contribution in [1.29, 1.82) is 0 Å². The van der Waals surface area contributed by atoms with Crippen molar-refractivity contribution in [2.45, 2.75) is 56.8 Å². The van der Waals surface area contributed by atoms with Crippen molar-refractivity contribution in [3.05, 3.63) is 23.8 Å². The summed E-state index contributed by atoms with van der Waals surface area (Å²) in [6, 6.07) is 6.51. The predicted octanol–water partition coefficient (Wildman–Crippen LogP) is -0.355. The zero-order chi connectivity index (χ0) is 17.6. The van der Waals surface area contributed by atoms with Gasteiger partial charge in [-0.2, -0.15) is 0 Å². The Labute approximate surface area is 163 Å². The molecule has 3 atom stereocenters. The third-order valence-corrected chi connectivity index (χ3v) is 5.50. The van der Waals surface area contributed by atoms with E-state index < -0.39 is 0 Å². The Morgan fingerprint density at radius 2 is 1.85 bits per heavy atom. The van der Waals surface area contributed by atoms with Crippen LogP contribution < -0.4 is 21.9 Å². The van der Waals surface area contributed by atoms with Crippen LogP contribution in [0.3, 0.4) is 0 Å². The molecule has 1 aromatic rings. The summed E-state index contributed by atoms with van der Waals surface area (Å²) >= 11 is 0. The molecule has 1 heterocycles. The van der Waals surface area contributed by atoms with Crippen LogP contribution >= 0.6 is 0 Å². The molecule has 1 aliphatic carbocycles. The van der Waals surface area contributed by atoms with Gasteiger partial charge in [0.1, 0.15) is 0 Å². The van der Waals surface area contributed by atoms with Gasteiger partial charge in [0.2, 0.25) is 0 Å². The van der Waals surface area contributed by atoms with Crippen LogP contribution in [0.1, 0.15) is 37.7 Å². The summed E-state index contributed by atoms with van der Waals surface area (Å²) in [6.45, 7) is 2.52. The maximum Gasteiger partial charge on any atom is 0.160 e. The lowest BCUT2D eigenvalue weighted by Crippen LogP contribution is -3.00. The first-order valence-corrected chi connectivity index (χ1v) is 9.46. The van der Waals surface area contributed by atoms with Gasteiger partial charge in [0, 0.05) is 19.1 Å². The van der Waals surface area contributed by atoms with E-state index in [-0.39, 0.29) is 18.5 Å². The molecule has 5 nitrogen and oxygen atoms in total. The van der Waals surface area contributed by atoms with E-state index in [9.17, 15) is 5.11 Å². The summed E-state index contributed by atoms with van der Waals surface area (Å²) in [7, 11) is 3.31. The zero-order valence-corrected chi connectivity index (χ0v) is 16.6. The molecule has 1 aromatic carbocycles. The van der Waals surface area contributed by atoms with Crippen LogP contribution in [0, 0.1) is 0 Å². The molecule has 3 unspecified atom stereocenters. The Bertz CT molecular complexity index is 557. The summed E-state index contributed by atoms with van der Waals surface area (Å²) in [5.41, 5.74) is 1.20. The molecule has 1 saturated heterocycles. The number of hydrogen-bond acceptors (Lipinski definition) is 5. The summed E-state index contributed by atoms with van der Waals surface area (Å²) in [6.07, 6.45) is 6.73. The minimum Gasteiger partial charge on any atom is -1.00 e. The molecule has 148 valence electrons. The van der Waals surface area contributed by atoms with Crippen molar-refractivity contribution in [3.63, 3.8) is 0 Å². The standard InChI is InChI=1S/C20H31NO4.ClH/c1-23-19-8-7-15(13-20(19)24-2)10-12-25-18-6-4-3-5-17(18)21-11-9-16(22)14-21;/h7-8,13,16-18,22H,3-6,9-12,14H2,1-2H3;1H/p-1. The van der Waals surface area contributed by atoms with E-state index >= 15 is 0 Å². The molecule has 0 radical (unpaired) electrons. The van der Waals surface area contributed by atoms with Gasteiger partial charge in [0.25, 0.3) is 0 Å². The number of aliphatic hydroxyl groups excluding tert-OH is 1. The maximum absolute atomic E-state index is 9.83. The topological polar surface area (TPSA) is 51.2 Å². The summed E-state index contributed by atoms with van der Waals surface area (Å²) < 4.78 is 16.9. The van der Waals surface area contributed by atoms with Crippen LogP contribution in [-0.4, -0.2) is 62.2 Å². The Hall–Kier alpha value is -1.01. The molecule has 2 fully saturated rings. The monoisotopic (exact) mass is 384 g/mol. The number of methoxy groups -OCH3 is 2. The van der Waals surface area contributed by atoms with Gasteiger partial charge in [0.15, 0.2) is 11.5 Å². The lowest BCUT2D eigenvalue weighted by Gasteiger charge is -2.37. The molecule has 3 rings (SSSR count). The average Bonchev–Trinajstić information content (AvgIpc) is 3.08. The van der Waals surface area contributed by atoms with E-state index in [1.165, 1.54) is 24.8 Å². The van der Waals surface area contributed by atoms with Gasteiger partial charge in [-0.3, -0.25) is 4.90 Å². The minimum atomic E-state index is -0.158. The van der Waals surface area contributed by atoms with Crippen molar-refractivity contribution < 1.29 is 31.7 Å². The minimum absolute atomic E-state index is 0. The van der Waals surface area contributed by atoms with Gasteiger partial charge >= 0.3 is 0 Å².